The molecule has 3 rings (SSSR count). The Morgan fingerprint density at radius 1 is 1.21 bits per heavy atom. The second-order valence-electron chi connectivity index (χ2n) is 5.18. The highest BCUT2D eigenvalue weighted by Crippen LogP contribution is 2.21. The minimum absolute atomic E-state index is 0.552. The molecule has 0 amide bonds. The first-order valence-electron chi connectivity index (χ1n) is 6.90. The van der Waals surface area contributed by atoms with Crippen LogP contribution in [-0.4, -0.2) is 23.1 Å². The average Bonchev–Trinajstić information content (AvgIpc) is 2.93. The van der Waals surface area contributed by atoms with Crippen LogP contribution in [0.5, 0.6) is 0 Å². The molecule has 1 aliphatic rings. The average molecular weight is 253 g/mol. The summed E-state index contributed by atoms with van der Waals surface area (Å²) < 4.78 is 0. The largest absolute Gasteiger partial charge is 0.316 e. The maximum atomic E-state index is 4.61. The Balaban J connectivity index is 1.85. The molecule has 0 saturated carbocycles. The SMILES string of the molecule is Cc1nc(Cc2ccccc2)cc(C2CCNC2)n1. The van der Waals surface area contributed by atoms with Crippen LogP contribution in [0.3, 0.4) is 0 Å². The number of nitrogens with one attached hydrogen (secondary N) is 1. The van der Waals surface area contributed by atoms with Crippen LogP contribution in [0.1, 0.15) is 35.1 Å². The Kier molecular flexibility index (Phi) is 3.56. The summed E-state index contributed by atoms with van der Waals surface area (Å²) in [7, 11) is 0. The highest BCUT2D eigenvalue weighted by molar-refractivity contribution is 5.24. The van der Waals surface area contributed by atoms with Gasteiger partial charge in [0.05, 0.1) is 0 Å². The van der Waals surface area contributed by atoms with Gasteiger partial charge in [-0.05, 0) is 31.5 Å². The quantitative estimate of drug-likeness (QED) is 0.913. The van der Waals surface area contributed by atoms with Crippen molar-refractivity contribution in [2.75, 3.05) is 13.1 Å². The first kappa shape index (κ1) is 12.3. The van der Waals surface area contributed by atoms with Crippen LogP contribution in [0.2, 0.25) is 0 Å². The lowest BCUT2D eigenvalue weighted by molar-refractivity contribution is 0.719. The van der Waals surface area contributed by atoms with Crippen molar-refractivity contribution in [3.8, 4) is 0 Å². The smallest absolute Gasteiger partial charge is 0.125 e. The van der Waals surface area contributed by atoms with E-state index in [2.05, 4.69) is 45.6 Å². The molecule has 1 N–H and O–H groups in total. The summed E-state index contributed by atoms with van der Waals surface area (Å²) in [5.41, 5.74) is 3.63. The van der Waals surface area contributed by atoms with Crippen LogP contribution < -0.4 is 5.32 Å². The number of aryl methyl sites for hydroxylation is 1. The predicted molar refractivity (Wildman–Crippen MR) is 76.2 cm³/mol. The van der Waals surface area contributed by atoms with E-state index in [4.69, 9.17) is 0 Å². The molecule has 0 spiro atoms. The molecule has 3 nitrogen and oxygen atoms in total. The molecule has 1 atom stereocenters. The van der Waals surface area contributed by atoms with Gasteiger partial charge in [0.25, 0.3) is 0 Å². The molecule has 2 heterocycles. The zero-order valence-electron chi connectivity index (χ0n) is 11.3. The summed E-state index contributed by atoms with van der Waals surface area (Å²) in [5, 5.41) is 3.40. The van der Waals surface area contributed by atoms with E-state index in [0.29, 0.717) is 5.92 Å². The van der Waals surface area contributed by atoms with E-state index in [-0.39, 0.29) is 0 Å². The first-order valence-corrected chi connectivity index (χ1v) is 6.90. The summed E-state index contributed by atoms with van der Waals surface area (Å²) in [6.07, 6.45) is 2.07. The molecule has 0 radical (unpaired) electrons. The van der Waals surface area contributed by atoms with Crippen molar-refractivity contribution >= 4 is 0 Å². The summed E-state index contributed by atoms with van der Waals surface area (Å²) in [5.74, 6) is 1.44. The van der Waals surface area contributed by atoms with E-state index < -0.39 is 0 Å². The third-order valence-electron chi connectivity index (χ3n) is 3.62. The monoisotopic (exact) mass is 253 g/mol. The van der Waals surface area contributed by atoms with Gasteiger partial charge in [-0.1, -0.05) is 30.3 Å². The lowest BCUT2D eigenvalue weighted by Gasteiger charge is -2.10. The van der Waals surface area contributed by atoms with E-state index in [0.717, 1.165) is 31.0 Å². The zero-order valence-corrected chi connectivity index (χ0v) is 11.3. The molecule has 0 aliphatic carbocycles. The molecular formula is C16H19N3. The summed E-state index contributed by atoms with van der Waals surface area (Å²) >= 11 is 0. The van der Waals surface area contributed by atoms with Crippen molar-refractivity contribution < 1.29 is 0 Å². The molecule has 1 saturated heterocycles. The van der Waals surface area contributed by atoms with Crippen molar-refractivity contribution in [3.63, 3.8) is 0 Å². The first-order chi connectivity index (χ1) is 9.31. The third-order valence-corrected chi connectivity index (χ3v) is 3.62. The van der Waals surface area contributed by atoms with Gasteiger partial charge in [-0.2, -0.15) is 0 Å². The van der Waals surface area contributed by atoms with Gasteiger partial charge in [-0.15, -0.1) is 0 Å². The van der Waals surface area contributed by atoms with Crippen LogP contribution >= 0.6 is 0 Å². The lowest BCUT2D eigenvalue weighted by Crippen LogP contribution is -2.10. The van der Waals surface area contributed by atoms with Gasteiger partial charge in [0, 0.05) is 30.3 Å². The Hall–Kier alpha value is -1.74. The highest BCUT2D eigenvalue weighted by atomic mass is 14.9. The van der Waals surface area contributed by atoms with Crippen molar-refractivity contribution in [1.82, 2.24) is 15.3 Å². The Morgan fingerprint density at radius 2 is 2.05 bits per heavy atom. The van der Waals surface area contributed by atoms with Gasteiger partial charge in [-0.25, -0.2) is 9.97 Å². The molecule has 3 heteroatoms. The Bertz CT molecular complexity index is 545. The van der Waals surface area contributed by atoms with Crippen molar-refractivity contribution in [1.29, 1.82) is 0 Å². The number of hydrogen-bond acceptors (Lipinski definition) is 3. The molecule has 1 unspecified atom stereocenters. The molecule has 1 fully saturated rings. The van der Waals surface area contributed by atoms with Crippen molar-refractivity contribution in [2.24, 2.45) is 0 Å². The highest BCUT2D eigenvalue weighted by Gasteiger charge is 2.19. The summed E-state index contributed by atoms with van der Waals surface area (Å²) in [4.78, 5) is 9.18. The molecule has 2 aromatic rings. The van der Waals surface area contributed by atoms with Gasteiger partial charge in [0.2, 0.25) is 0 Å². The second kappa shape index (κ2) is 5.49. The number of aromatic nitrogens is 2. The predicted octanol–water partition coefficient (Wildman–Crippen LogP) is 2.45. The zero-order chi connectivity index (χ0) is 13.1. The van der Waals surface area contributed by atoms with Crippen molar-refractivity contribution in [3.05, 3.63) is 59.2 Å². The standard InChI is InChI=1S/C16H19N3/c1-12-18-15(9-13-5-3-2-4-6-13)10-16(19-12)14-7-8-17-11-14/h2-6,10,14,17H,7-9,11H2,1H3. The van der Waals surface area contributed by atoms with E-state index in [1.54, 1.807) is 0 Å². The van der Waals surface area contributed by atoms with Crippen LogP contribution in [0, 0.1) is 6.92 Å². The van der Waals surface area contributed by atoms with Gasteiger partial charge in [0.1, 0.15) is 5.82 Å². The van der Waals surface area contributed by atoms with Crippen LogP contribution in [0.25, 0.3) is 0 Å². The molecule has 1 aromatic heterocycles. The normalized spacial score (nSPS) is 18.7. The molecular weight excluding hydrogens is 234 g/mol. The number of rotatable bonds is 3. The van der Waals surface area contributed by atoms with Gasteiger partial charge in [-0.3, -0.25) is 0 Å². The molecule has 1 aliphatic heterocycles. The fourth-order valence-electron chi connectivity index (χ4n) is 2.67. The Morgan fingerprint density at radius 3 is 2.79 bits per heavy atom. The number of hydrogen-bond donors (Lipinski definition) is 1. The van der Waals surface area contributed by atoms with Crippen LogP contribution in [0.15, 0.2) is 36.4 Å². The number of nitrogens with zero attached hydrogens (tertiary/aromatic N) is 2. The van der Waals surface area contributed by atoms with E-state index >= 15 is 0 Å². The summed E-state index contributed by atoms with van der Waals surface area (Å²) in [6, 6.07) is 12.7. The molecule has 19 heavy (non-hydrogen) atoms. The maximum absolute atomic E-state index is 4.61. The topological polar surface area (TPSA) is 37.8 Å². The molecule has 98 valence electrons. The number of benzene rings is 1. The van der Waals surface area contributed by atoms with E-state index in [1.807, 2.05) is 13.0 Å². The van der Waals surface area contributed by atoms with Gasteiger partial charge in [0.15, 0.2) is 0 Å². The third kappa shape index (κ3) is 2.99. The fraction of sp³-hybridized carbons (Fsp3) is 0.375. The second-order valence-corrected chi connectivity index (χ2v) is 5.18. The minimum Gasteiger partial charge on any atom is -0.316 e. The molecule has 1 aromatic carbocycles. The van der Waals surface area contributed by atoms with Crippen LogP contribution in [-0.2, 0) is 6.42 Å². The minimum atomic E-state index is 0.552. The lowest BCUT2D eigenvalue weighted by atomic mass is 10.0. The van der Waals surface area contributed by atoms with E-state index in [1.165, 1.54) is 17.7 Å². The van der Waals surface area contributed by atoms with Crippen LogP contribution in [0.4, 0.5) is 0 Å². The van der Waals surface area contributed by atoms with Crippen molar-refractivity contribution in [2.45, 2.75) is 25.7 Å². The maximum Gasteiger partial charge on any atom is 0.125 e. The fourth-order valence-corrected chi connectivity index (χ4v) is 2.67. The van der Waals surface area contributed by atoms with Gasteiger partial charge >= 0.3 is 0 Å². The Labute approximate surface area is 114 Å². The van der Waals surface area contributed by atoms with E-state index in [9.17, 15) is 0 Å². The summed E-state index contributed by atoms with van der Waals surface area (Å²) in [6.45, 7) is 4.13. The van der Waals surface area contributed by atoms with Gasteiger partial charge < -0.3 is 5.32 Å². The molecule has 0 bridgehead atoms.